The van der Waals surface area contributed by atoms with E-state index < -0.39 is 0 Å². The molecule has 0 amide bonds. The van der Waals surface area contributed by atoms with Crippen LogP contribution in [0.3, 0.4) is 0 Å². The Bertz CT molecular complexity index is 644. The van der Waals surface area contributed by atoms with Crippen molar-refractivity contribution in [3.63, 3.8) is 0 Å². The van der Waals surface area contributed by atoms with Crippen LogP contribution in [0.5, 0.6) is 11.5 Å². The van der Waals surface area contributed by atoms with E-state index in [0.717, 1.165) is 39.8 Å². The Morgan fingerprint density at radius 3 is 2.56 bits per heavy atom. The smallest absolute Gasteiger partial charge is 0.164 e. The van der Waals surface area contributed by atoms with E-state index in [1.54, 1.807) is 14.2 Å². The number of methoxy groups -OCH3 is 2. The average molecular weight is 242 g/mol. The molecule has 0 N–H and O–H groups in total. The molecule has 18 heavy (non-hydrogen) atoms. The molecule has 0 saturated carbocycles. The number of ether oxygens (including phenoxy) is 2. The predicted octanol–water partition coefficient (Wildman–Crippen LogP) is 2.99. The van der Waals surface area contributed by atoms with Gasteiger partial charge in [0, 0.05) is 17.4 Å². The third-order valence-corrected chi connectivity index (χ3v) is 3.51. The number of aryl methyl sites for hydroxylation is 1. The molecule has 3 nitrogen and oxygen atoms in total. The Labute approximate surface area is 105 Å². The van der Waals surface area contributed by atoms with E-state index in [1.807, 2.05) is 24.3 Å². The van der Waals surface area contributed by atoms with Gasteiger partial charge < -0.3 is 9.47 Å². The minimum atomic E-state index is 0.225. The molecule has 0 unspecified atom stereocenters. The summed E-state index contributed by atoms with van der Waals surface area (Å²) in [4.78, 5) is 12.0. The number of hydrogen-bond donors (Lipinski definition) is 0. The Balaban J connectivity index is 2.39. The molecule has 0 spiro atoms. The lowest BCUT2D eigenvalue weighted by molar-refractivity contribution is 0.0996. The first-order chi connectivity index (χ1) is 8.74. The molecule has 0 saturated heterocycles. The lowest BCUT2D eigenvalue weighted by Gasteiger charge is -2.11. The third kappa shape index (κ3) is 1.47. The molecule has 0 aromatic heterocycles. The van der Waals surface area contributed by atoms with Crippen LogP contribution in [0.25, 0.3) is 10.8 Å². The summed E-state index contributed by atoms with van der Waals surface area (Å²) in [5.74, 6) is 1.80. The SMILES string of the molecule is COc1ccc2c3c(cc(OC)c2c1)CCC3=O. The zero-order valence-corrected chi connectivity index (χ0v) is 10.4. The highest BCUT2D eigenvalue weighted by Crippen LogP contribution is 2.37. The summed E-state index contributed by atoms with van der Waals surface area (Å²) in [5.41, 5.74) is 1.95. The van der Waals surface area contributed by atoms with E-state index in [1.165, 1.54) is 0 Å². The molecule has 3 rings (SSSR count). The fourth-order valence-electron chi connectivity index (χ4n) is 2.62. The quantitative estimate of drug-likeness (QED) is 0.812. The van der Waals surface area contributed by atoms with Crippen molar-refractivity contribution in [2.45, 2.75) is 12.8 Å². The third-order valence-electron chi connectivity index (χ3n) is 3.51. The largest absolute Gasteiger partial charge is 0.497 e. The Morgan fingerprint density at radius 2 is 1.83 bits per heavy atom. The van der Waals surface area contributed by atoms with Crippen molar-refractivity contribution < 1.29 is 14.3 Å². The van der Waals surface area contributed by atoms with Crippen LogP contribution >= 0.6 is 0 Å². The van der Waals surface area contributed by atoms with Gasteiger partial charge in [0.15, 0.2) is 5.78 Å². The minimum Gasteiger partial charge on any atom is -0.497 e. The number of hydrogen-bond acceptors (Lipinski definition) is 3. The van der Waals surface area contributed by atoms with Crippen LogP contribution in [-0.2, 0) is 6.42 Å². The van der Waals surface area contributed by atoms with Gasteiger partial charge in [-0.3, -0.25) is 4.79 Å². The molecule has 1 aliphatic rings. The topological polar surface area (TPSA) is 35.5 Å². The Morgan fingerprint density at radius 1 is 1.00 bits per heavy atom. The van der Waals surface area contributed by atoms with Crippen molar-refractivity contribution >= 4 is 16.6 Å². The summed E-state index contributed by atoms with van der Waals surface area (Å²) in [6.45, 7) is 0. The van der Waals surface area contributed by atoms with Crippen LogP contribution in [0.4, 0.5) is 0 Å². The summed E-state index contributed by atoms with van der Waals surface area (Å²) in [6, 6.07) is 7.72. The number of carbonyl (C=O) groups excluding carboxylic acids is 1. The molecule has 0 fully saturated rings. The molecule has 0 bridgehead atoms. The molecule has 0 radical (unpaired) electrons. The molecular formula is C15H14O3. The normalized spacial score (nSPS) is 13.8. The number of Topliss-reactive ketones (excluding diaryl/α,β-unsaturated/α-hetero) is 1. The second-order valence-corrected chi connectivity index (χ2v) is 4.45. The van der Waals surface area contributed by atoms with Crippen molar-refractivity contribution in [1.29, 1.82) is 0 Å². The van der Waals surface area contributed by atoms with Gasteiger partial charge >= 0.3 is 0 Å². The first kappa shape index (κ1) is 11.1. The van der Waals surface area contributed by atoms with Crippen molar-refractivity contribution in [2.75, 3.05) is 14.2 Å². The number of carbonyl (C=O) groups is 1. The molecule has 92 valence electrons. The Hall–Kier alpha value is -2.03. The lowest BCUT2D eigenvalue weighted by Crippen LogP contribution is -1.96. The highest BCUT2D eigenvalue weighted by molar-refractivity contribution is 6.13. The first-order valence-corrected chi connectivity index (χ1v) is 5.95. The van der Waals surface area contributed by atoms with E-state index >= 15 is 0 Å². The van der Waals surface area contributed by atoms with Gasteiger partial charge in [-0.2, -0.15) is 0 Å². The van der Waals surface area contributed by atoms with Gasteiger partial charge in [0.1, 0.15) is 11.5 Å². The molecular weight excluding hydrogens is 228 g/mol. The van der Waals surface area contributed by atoms with Gasteiger partial charge in [0.05, 0.1) is 14.2 Å². The van der Waals surface area contributed by atoms with E-state index in [4.69, 9.17) is 9.47 Å². The predicted molar refractivity (Wildman–Crippen MR) is 69.7 cm³/mol. The summed E-state index contributed by atoms with van der Waals surface area (Å²) >= 11 is 0. The first-order valence-electron chi connectivity index (χ1n) is 5.95. The standard InChI is InChI=1S/C15H14O3/c1-17-10-4-5-11-12(8-10)14(18-2)7-9-3-6-13(16)15(9)11/h4-5,7-8H,3,6H2,1-2H3. The van der Waals surface area contributed by atoms with E-state index in [2.05, 4.69) is 0 Å². The van der Waals surface area contributed by atoms with Crippen LogP contribution in [0.1, 0.15) is 22.3 Å². The number of rotatable bonds is 2. The van der Waals surface area contributed by atoms with E-state index in [0.29, 0.717) is 6.42 Å². The van der Waals surface area contributed by atoms with Crippen molar-refractivity contribution in [2.24, 2.45) is 0 Å². The van der Waals surface area contributed by atoms with E-state index in [9.17, 15) is 4.79 Å². The summed E-state index contributed by atoms with van der Waals surface area (Å²) in [7, 11) is 3.28. The average Bonchev–Trinajstić information content (AvgIpc) is 2.78. The second kappa shape index (κ2) is 4.02. The molecule has 0 atom stereocenters. The van der Waals surface area contributed by atoms with Gasteiger partial charge in [0.25, 0.3) is 0 Å². The van der Waals surface area contributed by atoms with Crippen LogP contribution in [0.15, 0.2) is 24.3 Å². The fraction of sp³-hybridized carbons (Fsp3) is 0.267. The van der Waals surface area contributed by atoms with Crippen molar-refractivity contribution in [1.82, 2.24) is 0 Å². The summed E-state index contributed by atoms with van der Waals surface area (Å²) in [5, 5.41) is 1.90. The van der Waals surface area contributed by atoms with Crippen molar-refractivity contribution in [3.05, 3.63) is 35.4 Å². The highest BCUT2D eigenvalue weighted by atomic mass is 16.5. The van der Waals surface area contributed by atoms with Crippen LogP contribution in [0.2, 0.25) is 0 Å². The fourth-order valence-corrected chi connectivity index (χ4v) is 2.62. The van der Waals surface area contributed by atoms with Crippen LogP contribution in [-0.4, -0.2) is 20.0 Å². The molecule has 3 heteroatoms. The Kier molecular flexibility index (Phi) is 2.47. The van der Waals surface area contributed by atoms with Crippen molar-refractivity contribution in [3.8, 4) is 11.5 Å². The number of ketones is 1. The van der Waals surface area contributed by atoms with Gasteiger partial charge in [-0.15, -0.1) is 0 Å². The maximum Gasteiger partial charge on any atom is 0.164 e. The molecule has 2 aromatic carbocycles. The van der Waals surface area contributed by atoms with Crippen LogP contribution in [0, 0.1) is 0 Å². The molecule has 2 aromatic rings. The monoisotopic (exact) mass is 242 g/mol. The van der Waals surface area contributed by atoms with E-state index in [-0.39, 0.29) is 5.78 Å². The molecule has 1 aliphatic carbocycles. The van der Waals surface area contributed by atoms with Gasteiger partial charge in [-0.05, 0) is 41.6 Å². The van der Waals surface area contributed by atoms with Gasteiger partial charge in [-0.1, -0.05) is 0 Å². The second-order valence-electron chi connectivity index (χ2n) is 4.45. The zero-order valence-electron chi connectivity index (χ0n) is 10.4. The highest BCUT2D eigenvalue weighted by Gasteiger charge is 2.24. The minimum absolute atomic E-state index is 0.225. The van der Waals surface area contributed by atoms with Gasteiger partial charge in [0.2, 0.25) is 0 Å². The lowest BCUT2D eigenvalue weighted by atomic mass is 9.99. The van der Waals surface area contributed by atoms with Crippen LogP contribution < -0.4 is 9.47 Å². The maximum absolute atomic E-state index is 12.0. The maximum atomic E-state index is 12.0. The summed E-state index contributed by atoms with van der Waals surface area (Å²) in [6.07, 6.45) is 1.41. The van der Waals surface area contributed by atoms with Gasteiger partial charge in [-0.25, -0.2) is 0 Å². The molecule has 0 heterocycles. The summed E-state index contributed by atoms with van der Waals surface area (Å²) < 4.78 is 10.6. The number of benzene rings is 2. The number of fused-ring (bicyclic) bond motifs is 3. The molecule has 0 aliphatic heterocycles. The zero-order chi connectivity index (χ0) is 12.7.